The molecule has 1 aliphatic rings. The van der Waals surface area contributed by atoms with Crippen LogP contribution in [0.15, 0.2) is 78.0 Å². The number of thioether (sulfide) groups is 1. The van der Waals surface area contributed by atoms with Crippen molar-refractivity contribution in [3.8, 4) is 0 Å². The van der Waals surface area contributed by atoms with Crippen molar-refractivity contribution in [3.63, 3.8) is 0 Å². The topological polar surface area (TPSA) is 107 Å². The normalized spacial score (nSPS) is 21.6. The van der Waals surface area contributed by atoms with Crippen molar-refractivity contribution in [2.45, 2.75) is 44.0 Å². The minimum absolute atomic E-state index is 0.00539. The molecule has 9 heteroatoms. The van der Waals surface area contributed by atoms with E-state index in [1.807, 2.05) is 61.5 Å². The van der Waals surface area contributed by atoms with E-state index in [0.717, 1.165) is 21.4 Å². The molecule has 2 amide bonds. The lowest BCUT2D eigenvalue weighted by molar-refractivity contribution is -0.645. The summed E-state index contributed by atoms with van der Waals surface area (Å²) in [5.41, 5.74) is 3.23. The first kappa shape index (κ1) is 26.0. The third kappa shape index (κ3) is 6.36. The predicted octanol–water partition coefficient (Wildman–Crippen LogP) is 4.54. The van der Waals surface area contributed by atoms with Crippen molar-refractivity contribution in [2.24, 2.45) is 5.92 Å². The van der Waals surface area contributed by atoms with Gasteiger partial charge in [-0.05, 0) is 36.2 Å². The summed E-state index contributed by atoms with van der Waals surface area (Å²) < 4.78 is 13.8. The lowest BCUT2D eigenvalue weighted by atomic mass is 9.91. The number of rotatable bonds is 8. The number of pyridine rings is 1. The van der Waals surface area contributed by atoms with Gasteiger partial charge < -0.3 is 30.4 Å². The molecule has 1 fully saturated rings. The number of nitrogens with one attached hydrogen (secondary N) is 2. The Morgan fingerprint density at radius 2 is 1.89 bits per heavy atom. The summed E-state index contributed by atoms with van der Waals surface area (Å²) in [5.74, 6) is 0.559. The van der Waals surface area contributed by atoms with Crippen molar-refractivity contribution in [2.75, 3.05) is 17.6 Å². The van der Waals surface area contributed by atoms with Crippen molar-refractivity contribution < 1.29 is 24.1 Å². The van der Waals surface area contributed by atoms with E-state index in [1.165, 1.54) is 18.0 Å². The second kappa shape index (κ2) is 12.2. The largest absolute Gasteiger partial charge is 0.618 e. The van der Waals surface area contributed by atoms with Crippen LogP contribution in [0.1, 0.15) is 42.9 Å². The summed E-state index contributed by atoms with van der Waals surface area (Å²) in [5, 5.41) is 27.7. The summed E-state index contributed by atoms with van der Waals surface area (Å²) in [6.45, 7) is 4.44. The van der Waals surface area contributed by atoms with Crippen LogP contribution in [-0.2, 0) is 16.1 Å². The van der Waals surface area contributed by atoms with Gasteiger partial charge in [0.2, 0.25) is 0 Å². The van der Waals surface area contributed by atoms with Gasteiger partial charge in [-0.1, -0.05) is 55.1 Å². The van der Waals surface area contributed by atoms with Gasteiger partial charge in [-0.25, -0.2) is 4.79 Å². The first-order chi connectivity index (χ1) is 17.5. The average Bonchev–Trinajstić information content (AvgIpc) is 2.89. The first-order valence-electron chi connectivity index (χ1n) is 11.9. The highest BCUT2D eigenvalue weighted by Gasteiger charge is 2.38. The second-order valence-electron chi connectivity index (χ2n) is 8.61. The van der Waals surface area contributed by atoms with Crippen LogP contribution >= 0.6 is 11.8 Å². The van der Waals surface area contributed by atoms with E-state index in [4.69, 9.17) is 9.47 Å². The Labute approximate surface area is 215 Å². The Kier molecular flexibility index (Phi) is 8.82. The van der Waals surface area contributed by atoms with Gasteiger partial charge in [0.25, 0.3) is 5.03 Å². The van der Waals surface area contributed by atoms with E-state index in [-0.39, 0.29) is 30.8 Å². The fourth-order valence-electron chi connectivity index (χ4n) is 4.10. The van der Waals surface area contributed by atoms with Gasteiger partial charge >= 0.3 is 6.03 Å². The number of hydrogen-bond acceptors (Lipinski definition) is 6. The van der Waals surface area contributed by atoms with E-state index in [0.29, 0.717) is 23.0 Å². The number of aromatic nitrogens is 1. The summed E-state index contributed by atoms with van der Waals surface area (Å²) >= 11 is 1.45. The molecule has 1 aliphatic heterocycles. The molecule has 8 nitrogen and oxygen atoms in total. The number of benzene rings is 2. The zero-order valence-corrected chi connectivity index (χ0v) is 21.1. The standard InChI is InChI=1S/C27H31N3O5S/c1-3-28-27(32)29-22-8-6-7-21(15-22)26-34-23(17-36-24-9-4-5-14-30(24)33)18(2)25(35-26)20-12-10-19(16-31)11-13-20/h4-15,18,23,25-26,31H,3,16-17H2,1-2H3,(H2,28,29,32). The van der Waals surface area contributed by atoms with Crippen molar-refractivity contribution in [1.29, 1.82) is 0 Å². The van der Waals surface area contributed by atoms with Gasteiger partial charge in [0, 0.05) is 41.6 Å². The molecule has 2 aromatic carbocycles. The number of aliphatic hydroxyl groups excluding tert-OH is 1. The molecule has 1 saturated heterocycles. The predicted molar refractivity (Wildman–Crippen MR) is 138 cm³/mol. The number of carbonyl (C=O) groups excluding carboxylic acids is 1. The maximum atomic E-state index is 12.1. The molecule has 0 saturated carbocycles. The van der Waals surface area contributed by atoms with E-state index < -0.39 is 6.29 Å². The van der Waals surface area contributed by atoms with Gasteiger partial charge in [0.1, 0.15) is 0 Å². The Morgan fingerprint density at radius 3 is 2.61 bits per heavy atom. The van der Waals surface area contributed by atoms with Gasteiger partial charge in [-0.3, -0.25) is 0 Å². The number of hydrogen-bond donors (Lipinski definition) is 3. The van der Waals surface area contributed by atoms with Gasteiger partial charge in [0.15, 0.2) is 12.5 Å². The summed E-state index contributed by atoms with van der Waals surface area (Å²) in [7, 11) is 0. The van der Waals surface area contributed by atoms with E-state index in [9.17, 15) is 15.1 Å². The maximum absolute atomic E-state index is 12.1. The molecule has 3 aromatic rings. The molecule has 0 aliphatic carbocycles. The van der Waals surface area contributed by atoms with Gasteiger partial charge in [-0.15, -0.1) is 0 Å². The highest BCUT2D eigenvalue weighted by Crippen LogP contribution is 2.43. The van der Waals surface area contributed by atoms with Crippen LogP contribution in [0.5, 0.6) is 0 Å². The van der Waals surface area contributed by atoms with E-state index in [2.05, 4.69) is 17.6 Å². The Morgan fingerprint density at radius 1 is 1.08 bits per heavy atom. The average molecular weight is 510 g/mol. The smallest absolute Gasteiger partial charge is 0.319 e. The van der Waals surface area contributed by atoms with Crippen LogP contribution in [-0.4, -0.2) is 29.5 Å². The minimum atomic E-state index is -0.666. The molecule has 2 heterocycles. The molecule has 4 atom stereocenters. The molecule has 0 spiro atoms. The zero-order valence-electron chi connectivity index (χ0n) is 20.3. The first-order valence-corrected chi connectivity index (χ1v) is 12.9. The second-order valence-corrected chi connectivity index (χ2v) is 9.65. The van der Waals surface area contributed by atoms with Crippen LogP contribution in [0, 0.1) is 11.1 Å². The fourth-order valence-corrected chi connectivity index (χ4v) is 5.18. The quantitative estimate of drug-likeness (QED) is 0.234. The maximum Gasteiger partial charge on any atom is 0.319 e. The highest BCUT2D eigenvalue weighted by molar-refractivity contribution is 7.99. The third-order valence-corrected chi connectivity index (χ3v) is 7.17. The Hall–Kier alpha value is -3.11. The van der Waals surface area contributed by atoms with Crippen molar-refractivity contribution >= 4 is 23.5 Å². The number of aliphatic hydroxyl groups is 1. The van der Waals surface area contributed by atoms with Gasteiger partial charge in [-0.2, -0.15) is 4.73 Å². The Bertz CT molecular complexity index is 1160. The summed E-state index contributed by atoms with van der Waals surface area (Å²) in [6.07, 6.45) is 0.340. The fraction of sp³-hybridized carbons (Fsp3) is 0.333. The monoisotopic (exact) mass is 509 g/mol. The molecular weight excluding hydrogens is 478 g/mol. The SMILES string of the molecule is CCNC(=O)Nc1cccc(C2OC(CSc3cccc[n+]3[O-])C(C)C(c3ccc(CO)cc3)O2)c1. The molecule has 1 aromatic heterocycles. The molecular formula is C27H31N3O5S. The number of urea groups is 1. The molecule has 0 bridgehead atoms. The van der Waals surface area contributed by atoms with E-state index >= 15 is 0 Å². The summed E-state index contributed by atoms with van der Waals surface area (Å²) in [4.78, 5) is 12.0. The number of anilines is 1. The number of ether oxygens (including phenoxy) is 2. The molecule has 190 valence electrons. The van der Waals surface area contributed by atoms with Crippen molar-refractivity contribution in [3.05, 3.63) is 94.8 Å². The summed E-state index contributed by atoms with van der Waals surface area (Å²) in [6, 6.07) is 20.2. The van der Waals surface area contributed by atoms with Crippen LogP contribution < -0.4 is 15.4 Å². The third-order valence-electron chi connectivity index (χ3n) is 6.06. The molecule has 4 rings (SSSR count). The molecule has 3 N–H and O–H groups in total. The molecule has 0 radical (unpaired) electrons. The molecule has 36 heavy (non-hydrogen) atoms. The number of amides is 2. The zero-order chi connectivity index (χ0) is 25.5. The highest BCUT2D eigenvalue weighted by atomic mass is 32.2. The minimum Gasteiger partial charge on any atom is -0.618 e. The van der Waals surface area contributed by atoms with Gasteiger partial charge in [0.05, 0.1) is 18.8 Å². The lowest BCUT2D eigenvalue weighted by Gasteiger charge is -2.41. The Balaban J connectivity index is 1.59. The van der Waals surface area contributed by atoms with Crippen molar-refractivity contribution in [1.82, 2.24) is 5.32 Å². The van der Waals surface area contributed by atoms with Crippen LogP contribution in [0.2, 0.25) is 0 Å². The molecule has 4 unspecified atom stereocenters. The lowest BCUT2D eigenvalue weighted by Crippen LogP contribution is -2.39. The van der Waals surface area contributed by atoms with Crippen LogP contribution in [0.3, 0.4) is 0 Å². The van der Waals surface area contributed by atoms with E-state index in [1.54, 1.807) is 12.1 Å². The number of nitrogens with zero attached hydrogens (tertiary/aromatic N) is 1. The van der Waals surface area contributed by atoms with Crippen LogP contribution in [0.4, 0.5) is 10.5 Å². The van der Waals surface area contributed by atoms with Crippen LogP contribution in [0.25, 0.3) is 0 Å². The number of carbonyl (C=O) groups is 1.